The summed E-state index contributed by atoms with van der Waals surface area (Å²) in [6, 6.07) is 16.4. The summed E-state index contributed by atoms with van der Waals surface area (Å²) in [6.45, 7) is 13.8. The molecule has 2 aromatic heterocycles. The van der Waals surface area contributed by atoms with E-state index in [1.807, 2.05) is 45.0 Å². The second-order valence-electron chi connectivity index (χ2n) is 13.8. The number of aromatic amines is 1. The first-order chi connectivity index (χ1) is 20.9. The summed E-state index contributed by atoms with van der Waals surface area (Å²) < 4.78 is 0. The molecule has 1 fully saturated rings. The Morgan fingerprint density at radius 2 is 1.61 bits per heavy atom. The van der Waals surface area contributed by atoms with Crippen molar-refractivity contribution in [3.05, 3.63) is 88.9 Å². The summed E-state index contributed by atoms with van der Waals surface area (Å²) in [7, 11) is 0. The van der Waals surface area contributed by atoms with Crippen LogP contribution in [0.25, 0.3) is 11.0 Å². The second-order valence-corrected chi connectivity index (χ2v) is 13.8. The highest BCUT2D eigenvalue weighted by molar-refractivity contribution is 6.18. The molecule has 4 N–H and O–H groups in total. The van der Waals surface area contributed by atoms with Crippen molar-refractivity contribution in [2.24, 2.45) is 5.92 Å². The third-order valence-corrected chi connectivity index (χ3v) is 8.91. The number of benzene rings is 2. The van der Waals surface area contributed by atoms with E-state index in [0.717, 1.165) is 48.7 Å². The summed E-state index contributed by atoms with van der Waals surface area (Å²) >= 11 is 0. The number of fused-ring (bicyclic) bond motifs is 1. The Morgan fingerprint density at radius 1 is 0.909 bits per heavy atom. The fourth-order valence-corrected chi connectivity index (χ4v) is 6.10. The van der Waals surface area contributed by atoms with Gasteiger partial charge in [-0.2, -0.15) is 0 Å². The lowest BCUT2D eigenvalue weighted by molar-refractivity contribution is -0.127. The molecule has 1 aliphatic rings. The Hall–Kier alpha value is -4.04. The molecule has 0 bridgehead atoms. The Morgan fingerprint density at radius 3 is 2.30 bits per heavy atom. The number of aromatic nitrogens is 3. The highest BCUT2D eigenvalue weighted by atomic mass is 16.2. The van der Waals surface area contributed by atoms with Gasteiger partial charge in [-0.15, -0.1) is 0 Å². The Labute approximate surface area is 260 Å². The van der Waals surface area contributed by atoms with E-state index in [1.165, 1.54) is 11.9 Å². The molecule has 5 rings (SSSR count). The van der Waals surface area contributed by atoms with E-state index >= 15 is 0 Å². The van der Waals surface area contributed by atoms with Crippen LogP contribution in [0.4, 0.5) is 5.82 Å². The summed E-state index contributed by atoms with van der Waals surface area (Å²) in [6.07, 6.45) is 7.34. The number of hydrogen-bond donors (Lipinski definition) is 4. The molecule has 0 radical (unpaired) electrons. The van der Waals surface area contributed by atoms with Crippen LogP contribution in [-0.4, -0.2) is 44.8 Å². The molecule has 1 aliphatic carbocycles. The molecule has 2 aromatic carbocycles. The Kier molecular flexibility index (Phi) is 9.20. The minimum absolute atomic E-state index is 0.0107. The van der Waals surface area contributed by atoms with Crippen LogP contribution in [0.1, 0.15) is 92.9 Å². The van der Waals surface area contributed by atoms with Crippen molar-refractivity contribution in [3.8, 4) is 0 Å². The van der Waals surface area contributed by atoms with Crippen LogP contribution in [-0.2, 0) is 16.8 Å². The average Bonchev–Trinajstić information content (AvgIpc) is 3.44. The molecule has 44 heavy (non-hydrogen) atoms. The quantitative estimate of drug-likeness (QED) is 0.157. The zero-order valence-electron chi connectivity index (χ0n) is 26.9. The number of hydrogen-bond acceptors (Lipinski definition) is 6. The van der Waals surface area contributed by atoms with E-state index < -0.39 is 5.54 Å². The number of carbonyl (C=O) groups excluding carboxylic acids is 2. The average molecular weight is 595 g/mol. The van der Waals surface area contributed by atoms with Crippen LogP contribution in [0.2, 0.25) is 0 Å². The van der Waals surface area contributed by atoms with E-state index in [-0.39, 0.29) is 23.1 Å². The third-order valence-electron chi connectivity index (χ3n) is 8.91. The van der Waals surface area contributed by atoms with Crippen molar-refractivity contribution < 1.29 is 9.59 Å². The maximum Gasteiger partial charge on any atom is 0.240 e. The first-order valence-electron chi connectivity index (χ1n) is 15.7. The number of nitrogens with one attached hydrogen (secondary N) is 4. The molecular weight excluding hydrogens is 548 g/mol. The zero-order valence-corrected chi connectivity index (χ0v) is 26.9. The zero-order chi connectivity index (χ0) is 31.5. The number of H-pyrrole nitrogens is 1. The largest absolute Gasteiger partial charge is 0.369 e. The molecule has 232 valence electrons. The highest BCUT2D eigenvalue weighted by Crippen LogP contribution is 2.29. The van der Waals surface area contributed by atoms with Gasteiger partial charge in [0.1, 0.15) is 17.8 Å². The Balaban J connectivity index is 1.13. The predicted octanol–water partition coefficient (Wildman–Crippen LogP) is 6.45. The van der Waals surface area contributed by atoms with E-state index in [2.05, 4.69) is 75.9 Å². The molecule has 8 heteroatoms. The van der Waals surface area contributed by atoms with Crippen LogP contribution < -0.4 is 16.0 Å². The molecule has 2 heterocycles. The summed E-state index contributed by atoms with van der Waals surface area (Å²) in [4.78, 5) is 38.5. The topological polar surface area (TPSA) is 112 Å². The number of carbonyl (C=O) groups is 2. The molecular formula is C36H46N6O2. The second kappa shape index (κ2) is 12.9. The number of aryl methyl sites for hydroxylation is 1. The first-order valence-corrected chi connectivity index (χ1v) is 15.7. The van der Waals surface area contributed by atoms with Crippen molar-refractivity contribution in [2.75, 3.05) is 11.9 Å². The Bertz CT molecular complexity index is 1610. The van der Waals surface area contributed by atoms with Crippen LogP contribution in [0.15, 0.2) is 61.1 Å². The van der Waals surface area contributed by atoms with Gasteiger partial charge in [0.15, 0.2) is 5.78 Å². The number of rotatable bonds is 10. The molecule has 0 unspecified atom stereocenters. The van der Waals surface area contributed by atoms with Gasteiger partial charge >= 0.3 is 0 Å². The monoisotopic (exact) mass is 594 g/mol. The molecule has 0 aliphatic heterocycles. The number of nitrogens with zero attached hydrogens (tertiary/aromatic N) is 2. The van der Waals surface area contributed by atoms with Crippen LogP contribution in [0.5, 0.6) is 0 Å². The first kappa shape index (κ1) is 31.4. The van der Waals surface area contributed by atoms with Gasteiger partial charge in [-0.1, -0.05) is 69.3 Å². The van der Waals surface area contributed by atoms with E-state index in [4.69, 9.17) is 0 Å². The van der Waals surface area contributed by atoms with Gasteiger partial charge in [0.2, 0.25) is 5.91 Å². The van der Waals surface area contributed by atoms with Gasteiger partial charge in [-0.25, -0.2) is 9.97 Å². The third kappa shape index (κ3) is 7.18. The van der Waals surface area contributed by atoms with E-state index in [1.54, 1.807) is 6.20 Å². The summed E-state index contributed by atoms with van der Waals surface area (Å²) in [5, 5.41) is 11.0. The molecule has 0 atom stereocenters. The smallest absolute Gasteiger partial charge is 0.240 e. The number of amides is 1. The fraction of sp³-hybridized carbons (Fsp3) is 0.444. The van der Waals surface area contributed by atoms with Gasteiger partial charge in [0.25, 0.3) is 0 Å². The van der Waals surface area contributed by atoms with Crippen LogP contribution in [0, 0.1) is 12.8 Å². The van der Waals surface area contributed by atoms with Gasteiger partial charge in [-0.05, 0) is 74.5 Å². The molecule has 0 spiro atoms. The SMILES string of the molecule is Cc1ccccc1C(=O)c1c[nH]c2ncnc(NC[C@H]3CC[C@@H](NC(C)(C)C(=O)NCc4ccc(C(C)(C)C)cc4)CC3)c12. The highest BCUT2D eigenvalue weighted by Gasteiger charge is 2.32. The molecule has 0 saturated heterocycles. The van der Waals surface area contributed by atoms with Gasteiger partial charge < -0.3 is 20.9 Å². The summed E-state index contributed by atoms with van der Waals surface area (Å²) in [5.74, 6) is 1.13. The molecule has 1 amide bonds. The lowest BCUT2D eigenvalue weighted by atomic mass is 9.84. The van der Waals surface area contributed by atoms with Crippen LogP contribution >= 0.6 is 0 Å². The van der Waals surface area contributed by atoms with Crippen LogP contribution in [0.3, 0.4) is 0 Å². The van der Waals surface area contributed by atoms with Gasteiger partial charge in [0.05, 0.1) is 16.5 Å². The van der Waals surface area contributed by atoms with Gasteiger partial charge in [-0.3, -0.25) is 9.59 Å². The normalized spacial score (nSPS) is 17.4. The van der Waals surface area contributed by atoms with Crippen molar-refractivity contribution in [1.29, 1.82) is 0 Å². The minimum Gasteiger partial charge on any atom is -0.369 e. The van der Waals surface area contributed by atoms with E-state index in [0.29, 0.717) is 35.1 Å². The van der Waals surface area contributed by atoms with Crippen molar-refractivity contribution >= 4 is 28.5 Å². The van der Waals surface area contributed by atoms with Crippen molar-refractivity contribution in [3.63, 3.8) is 0 Å². The van der Waals surface area contributed by atoms with E-state index in [9.17, 15) is 9.59 Å². The van der Waals surface area contributed by atoms with Crippen molar-refractivity contribution in [1.82, 2.24) is 25.6 Å². The molecule has 1 saturated carbocycles. The number of ketones is 1. The molecule has 4 aromatic rings. The summed E-state index contributed by atoms with van der Waals surface area (Å²) in [5.41, 5.74) is 4.68. The lowest BCUT2D eigenvalue weighted by Gasteiger charge is -2.35. The van der Waals surface area contributed by atoms with Gasteiger partial charge in [0, 0.05) is 30.9 Å². The minimum atomic E-state index is -0.665. The fourth-order valence-electron chi connectivity index (χ4n) is 6.10. The lowest BCUT2D eigenvalue weighted by Crippen LogP contribution is -2.56. The maximum absolute atomic E-state index is 13.4. The predicted molar refractivity (Wildman–Crippen MR) is 177 cm³/mol. The molecule has 8 nitrogen and oxygen atoms in total. The number of anilines is 1. The maximum atomic E-state index is 13.4. The standard InChI is InChI=1S/C36H46N6O2/c1-23-9-7-8-10-28(23)31(43)29-21-38-33-30(29)32(40-22-41-33)37-19-25-13-17-27(18-14-25)42-36(5,6)34(44)39-20-24-11-15-26(16-12-24)35(2,3)4/h7-12,15-16,21-22,25,27,42H,13-14,17-20H2,1-6H3,(H,39,44)(H2,37,38,40,41)/t25-,27+. The van der Waals surface area contributed by atoms with Crippen molar-refractivity contribution in [2.45, 2.75) is 90.8 Å².